The summed E-state index contributed by atoms with van der Waals surface area (Å²) in [6.07, 6.45) is 0. The van der Waals surface area contributed by atoms with Crippen molar-refractivity contribution < 1.29 is 4.79 Å². The predicted molar refractivity (Wildman–Crippen MR) is 51.6 cm³/mol. The summed E-state index contributed by atoms with van der Waals surface area (Å²) in [5, 5.41) is 16.3. The molecular formula is C7H11N5OS. The van der Waals surface area contributed by atoms with Crippen molar-refractivity contribution in [3.05, 3.63) is 5.82 Å². The molecule has 0 spiro atoms. The second-order valence-electron chi connectivity index (χ2n) is 3.23. The quantitative estimate of drug-likeness (QED) is 0.722. The highest BCUT2D eigenvalue weighted by molar-refractivity contribution is 8.00. The number of nitrogens with one attached hydrogen (secondary N) is 2. The average Bonchev–Trinajstić information content (AvgIpc) is 2.51. The lowest BCUT2D eigenvalue weighted by Gasteiger charge is -2.24. The maximum absolute atomic E-state index is 11.5. The summed E-state index contributed by atoms with van der Waals surface area (Å²) in [7, 11) is 0. The van der Waals surface area contributed by atoms with Crippen molar-refractivity contribution in [2.45, 2.75) is 13.0 Å². The van der Waals surface area contributed by atoms with E-state index in [9.17, 15) is 4.79 Å². The SMILES string of the molecule is CC(NC(=O)C1CSC1)c1nn[nH]n1. The lowest BCUT2D eigenvalue weighted by molar-refractivity contribution is -0.124. The summed E-state index contributed by atoms with van der Waals surface area (Å²) in [6.45, 7) is 1.84. The van der Waals surface area contributed by atoms with Crippen LogP contribution in [0, 0.1) is 5.92 Å². The number of aromatic nitrogens is 4. The van der Waals surface area contributed by atoms with E-state index >= 15 is 0 Å². The third-order valence-electron chi connectivity index (χ3n) is 2.12. The average molecular weight is 213 g/mol. The van der Waals surface area contributed by atoms with Gasteiger partial charge >= 0.3 is 0 Å². The molecule has 0 saturated carbocycles. The van der Waals surface area contributed by atoms with Gasteiger partial charge in [0.05, 0.1) is 12.0 Å². The highest BCUT2D eigenvalue weighted by Crippen LogP contribution is 2.25. The monoisotopic (exact) mass is 213 g/mol. The lowest BCUT2D eigenvalue weighted by atomic mass is 10.1. The van der Waals surface area contributed by atoms with Crippen molar-refractivity contribution in [2.24, 2.45) is 5.92 Å². The van der Waals surface area contributed by atoms with E-state index in [4.69, 9.17) is 0 Å². The molecular weight excluding hydrogens is 202 g/mol. The van der Waals surface area contributed by atoms with Gasteiger partial charge in [-0.3, -0.25) is 4.79 Å². The first-order chi connectivity index (χ1) is 6.77. The Morgan fingerprint density at radius 3 is 3.00 bits per heavy atom. The van der Waals surface area contributed by atoms with Gasteiger partial charge in [-0.05, 0) is 6.92 Å². The molecule has 1 atom stereocenters. The van der Waals surface area contributed by atoms with Gasteiger partial charge in [-0.25, -0.2) is 0 Å². The van der Waals surface area contributed by atoms with E-state index < -0.39 is 0 Å². The van der Waals surface area contributed by atoms with Crippen LogP contribution in [0.5, 0.6) is 0 Å². The summed E-state index contributed by atoms with van der Waals surface area (Å²) in [5.74, 6) is 2.61. The van der Waals surface area contributed by atoms with Gasteiger partial charge in [0.15, 0.2) is 5.82 Å². The van der Waals surface area contributed by atoms with Crippen molar-refractivity contribution in [3.63, 3.8) is 0 Å². The Morgan fingerprint density at radius 2 is 2.50 bits per heavy atom. The van der Waals surface area contributed by atoms with E-state index in [1.54, 1.807) is 11.8 Å². The van der Waals surface area contributed by atoms with Crippen LogP contribution < -0.4 is 5.32 Å². The lowest BCUT2D eigenvalue weighted by Crippen LogP contribution is -2.39. The summed E-state index contributed by atoms with van der Waals surface area (Å²) >= 11 is 1.79. The molecule has 7 heteroatoms. The zero-order valence-electron chi connectivity index (χ0n) is 7.73. The van der Waals surface area contributed by atoms with E-state index in [2.05, 4.69) is 25.9 Å². The van der Waals surface area contributed by atoms with Crippen LogP contribution in [-0.2, 0) is 4.79 Å². The molecule has 0 aliphatic carbocycles. The van der Waals surface area contributed by atoms with Crippen molar-refractivity contribution in [1.82, 2.24) is 25.9 Å². The normalized spacial score (nSPS) is 18.6. The molecule has 6 nitrogen and oxygen atoms in total. The molecule has 76 valence electrons. The second-order valence-corrected chi connectivity index (χ2v) is 4.31. The number of amides is 1. The molecule has 1 saturated heterocycles. The van der Waals surface area contributed by atoms with Gasteiger partial charge in [0.1, 0.15) is 0 Å². The highest BCUT2D eigenvalue weighted by Gasteiger charge is 2.27. The van der Waals surface area contributed by atoms with Gasteiger partial charge in [0.2, 0.25) is 5.91 Å². The zero-order chi connectivity index (χ0) is 9.97. The van der Waals surface area contributed by atoms with Gasteiger partial charge in [-0.15, -0.1) is 10.2 Å². The van der Waals surface area contributed by atoms with Crippen molar-refractivity contribution >= 4 is 17.7 Å². The standard InChI is InChI=1S/C7H11N5OS/c1-4(6-9-11-12-10-6)8-7(13)5-2-14-3-5/h4-5H,2-3H2,1H3,(H,8,13)(H,9,10,11,12). The Hall–Kier alpha value is -1.11. The van der Waals surface area contributed by atoms with Gasteiger partial charge in [-0.2, -0.15) is 17.0 Å². The van der Waals surface area contributed by atoms with Crippen molar-refractivity contribution in [3.8, 4) is 0 Å². The first-order valence-electron chi connectivity index (χ1n) is 4.39. The third kappa shape index (κ3) is 1.87. The number of hydrogen-bond donors (Lipinski definition) is 2. The number of aromatic amines is 1. The van der Waals surface area contributed by atoms with Crippen LogP contribution in [0.1, 0.15) is 18.8 Å². The topological polar surface area (TPSA) is 83.6 Å². The molecule has 14 heavy (non-hydrogen) atoms. The maximum atomic E-state index is 11.5. The number of hydrogen-bond acceptors (Lipinski definition) is 5. The van der Waals surface area contributed by atoms with Crippen LogP contribution in [0.15, 0.2) is 0 Å². The fraction of sp³-hybridized carbons (Fsp3) is 0.714. The third-order valence-corrected chi connectivity index (χ3v) is 3.39. The molecule has 0 bridgehead atoms. The number of thioether (sulfide) groups is 1. The van der Waals surface area contributed by atoms with E-state index in [0.29, 0.717) is 5.82 Å². The van der Waals surface area contributed by atoms with Gasteiger partial charge in [0, 0.05) is 11.5 Å². The highest BCUT2D eigenvalue weighted by atomic mass is 32.2. The predicted octanol–water partition coefficient (Wildman–Crippen LogP) is -0.260. The minimum Gasteiger partial charge on any atom is -0.346 e. The Balaban J connectivity index is 1.87. The summed E-state index contributed by atoms with van der Waals surface area (Å²) < 4.78 is 0. The van der Waals surface area contributed by atoms with Gasteiger partial charge in [-0.1, -0.05) is 5.21 Å². The van der Waals surface area contributed by atoms with Gasteiger partial charge in [0.25, 0.3) is 0 Å². The van der Waals surface area contributed by atoms with Crippen molar-refractivity contribution in [2.75, 3.05) is 11.5 Å². The van der Waals surface area contributed by atoms with E-state index in [1.165, 1.54) is 0 Å². The Kier molecular flexibility index (Phi) is 2.67. The molecule has 1 aliphatic rings. The van der Waals surface area contributed by atoms with Crippen molar-refractivity contribution in [1.29, 1.82) is 0 Å². The second kappa shape index (κ2) is 3.95. The minimum atomic E-state index is -0.174. The number of H-pyrrole nitrogens is 1. The minimum absolute atomic E-state index is 0.0843. The van der Waals surface area contributed by atoms with E-state index in [-0.39, 0.29) is 17.9 Å². The molecule has 1 amide bonds. The number of tetrazole rings is 1. The van der Waals surface area contributed by atoms with E-state index in [1.807, 2.05) is 6.92 Å². The molecule has 1 aromatic heterocycles. The Bertz CT molecular complexity index is 310. The van der Waals surface area contributed by atoms with Crippen LogP contribution in [0.25, 0.3) is 0 Å². The fourth-order valence-corrected chi connectivity index (χ4v) is 1.91. The summed E-state index contributed by atoms with van der Waals surface area (Å²) in [5.41, 5.74) is 0. The van der Waals surface area contributed by atoms with Crippen LogP contribution in [0.3, 0.4) is 0 Å². The van der Waals surface area contributed by atoms with Crippen LogP contribution in [0.2, 0.25) is 0 Å². The number of carbonyl (C=O) groups excluding carboxylic acids is 1. The van der Waals surface area contributed by atoms with Gasteiger partial charge < -0.3 is 5.32 Å². The first kappa shape index (κ1) is 9.45. The van der Waals surface area contributed by atoms with Crippen LogP contribution in [0.4, 0.5) is 0 Å². The molecule has 1 fully saturated rings. The molecule has 2 rings (SSSR count). The molecule has 2 N–H and O–H groups in total. The molecule has 1 aromatic rings. The summed E-state index contributed by atoms with van der Waals surface area (Å²) in [4.78, 5) is 11.5. The number of carbonyl (C=O) groups is 1. The maximum Gasteiger partial charge on any atom is 0.225 e. The smallest absolute Gasteiger partial charge is 0.225 e. The van der Waals surface area contributed by atoms with Crippen LogP contribution in [-0.4, -0.2) is 38.0 Å². The number of nitrogens with zero attached hydrogens (tertiary/aromatic N) is 3. The molecule has 0 aromatic carbocycles. The fourth-order valence-electron chi connectivity index (χ4n) is 1.14. The van der Waals surface area contributed by atoms with E-state index in [0.717, 1.165) is 11.5 Å². The largest absolute Gasteiger partial charge is 0.346 e. The molecule has 1 unspecified atom stereocenters. The van der Waals surface area contributed by atoms with Crippen LogP contribution >= 0.6 is 11.8 Å². The molecule has 1 aliphatic heterocycles. The summed E-state index contributed by atoms with van der Waals surface area (Å²) in [6, 6.07) is -0.174. The Morgan fingerprint density at radius 1 is 1.71 bits per heavy atom. The Labute approximate surface area is 85.2 Å². The molecule has 0 radical (unpaired) electrons. The first-order valence-corrected chi connectivity index (χ1v) is 5.54. The zero-order valence-corrected chi connectivity index (χ0v) is 8.54. The molecule has 2 heterocycles. The number of rotatable bonds is 3.